The average Bonchev–Trinajstić information content (AvgIpc) is 2.35. The van der Waals surface area contributed by atoms with Gasteiger partial charge in [-0.3, -0.25) is 4.79 Å². The van der Waals surface area contributed by atoms with E-state index < -0.39 is 17.9 Å². The Hall–Kier alpha value is -2.30. The van der Waals surface area contributed by atoms with Crippen LogP contribution in [0, 0.1) is 5.92 Å². The fraction of sp³-hybridized carbons (Fsp3) is 0.333. The van der Waals surface area contributed by atoms with E-state index in [1.807, 2.05) is 13.8 Å². The molecule has 20 heavy (non-hydrogen) atoms. The van der Waals surface area contributed by atoms with Crippen LogP contribution < -0.4 is 5.32 Å². The van der Waals surface area contributed by atoms with E-state index in [2.05, 4.69) is 5.32 Å². The average molecular weight is 277 g/mol. The Bertz CT molecular complexity index is 508. The second kappa shape index (κ2) is 7.33. The molecule has 0 unspecified atom stereocenters. The highest BCUT2D eigenvalue weighted by atomic mass is 16.4. The molecule has 0 radical (unpaired) electrons. The third-order valence-corrected chi connectivity index (χ3v) is 2.62. The van der Waals surface area contributed by atoms with Crippen molar-refractivity contribution in [1.29, 1.82) is 0 Å². The van der Waals surface area contributed by atoms with Crippen LogP contribution in [0.5, 0.6) is 5.75 Å². The number of carboxylic acids is 1. The number of carbonyl (C=O) groups is 2. The van der Waals surface area contributed by atoms with Gasteiger partial charge >= 0.3 is 5.97 Å². The molecule has 0 saturated heterocycles. The topological polar surface area (TPSA) is 86.6 Å². The fourth-order valence-electron chi connectivity index (χ4n) is 1.71. The van der Waals surface area contributed by atoms with Gasteiger partial charge in [0.2, 0.25) is 5.91 Å². The van der Waals surface area contributed by atoms with Crippen molar-refractivity contribution in [2.24, 2.45) is 5.92 Å². The number of phenols is 1. The van der Waals surface area contributed by atoms with E-state index in [1.165, 1.54) is 24.3 Å². The number of phenolic OH excluding ortho intramolecular Hbond substituents is 1. The van der Waals surface area contributed by atoms with Crippen LogP contribution in [-0.4, -0.2) is 28.1 Å². The molecule has 1 aromatic carbocycles. The number of benzene rings is 1. The summed E-state index contributed by atoms with van der Waals surface area (Å²) in [5.41, 5.74) is 0.663. The van der Waals surface area contributed by atoms with Crippen molar-refractivity contribution in [3.05, 3.63) is 35.9 Å². The van der Waals surface area contributed by atoms with Gasteiger partial charge in [0.15, 0.2) is 0 Å². The fourth-order valence-corrected chi connectivity index (χ4v) is 1.71. The summed E-state index contributed by atoms with van der Waals surface area (Å²) in [6.07, 6.45) is 3.15. The molecule has 0 fully saturated rings. The number of carbonyl (C=O) groups excluding carboxylic acids is 1. The highest BCUT2D eigenvalue weighted by molar-refractivity contribution is 5.94. The minimum absolute atomic E-state index is 0.107. The molecule has 0 aromatic heterocycles. The lowest BCUT2D eigenvalue weighted by Crippen LogP contribution is -2.40. The van der Waals surface area contributed by atoms with Gasteiger partial charge in [0, 0.05) is 6.08 Å². The van der Waals surface area contributed by atoms with Crippen molar-refractivity contribution in [1.82, 2.24) is 5.32 Å². The molecule has 0 spiro atoms. The third kappa shape index (κ3) is 5.56. The van der Waals surface area contributed by atoms with E-state index in [9.17, 15) is 14.7 Å². The third-order valence-electron chi connectivity index (χ3n) is 2.62. The largest absolute Gasteiger partial charge is 0.508 e. The van der Waals surface area contributed by atoms with E-state index in [0.717, 1.165) is 0 Å². The molecule has 5 nitrogen and oxygen atoms in total. The van der Waals surface area contributed by atoms with Crippen LogP contribution in [0.15, 0.2) is 30.3 Å². The summed E-state index contributed by atoms with van der Waals surface area (Å²) in [7, 11) is 0. The Balaban J connectivity index is 2.63. The smallest absolute Gasteiger partial charge is 0.326 e. The second-order valence-corrected chi connectivity index (χ2v) is 4.96. The number of carboxylic acid groups (broad SMARTS) is 1. The predicted octanol–water partition coefficient (Wildman–Crippen LogP) is 2.02. The minimum atomic E-state index is -1.04. The van der Waals surface area contributed by atoms with Crippen molar-refractivity contribution >= 4 is 18.0 Å². The molecule has 5 heteroatoms. The highest BCUT2D eigenvalue weighted by Gasteiger charge is 2.19. The van der Waals surface area contributed by atoms with Gasteiger partial charge in [0.05, 0.1) is 0 Å². The van der Waals surface area contributed by atoms with Crippen LogP contribution in [0.3, 0.4) is 0 Å². The Morgan fingerprint density at radius 2 is 2.05 bits per heavy atom. The molecule has 1 atom stereocenters. The van der Waals surface area contributed by atoms with Gasteiger partial charge in [-0.2, -0.15) is 0 Å². The van der Waals surface area contributed by atoms with Crippen LogP contribution >= 0.6 is 0 Å². The van der Waals surface area contributed by atoms with E-state index in [0.29, 0.717) is 12.0 Å². The van der Waals surface area contributed by atoms with Crippen molar-refractivity contribution in [3.8, 4) is 5.75 Å². The van der Waals surface area contributed by atoms with Gasteiger partial charge in [-0.05, 0) is 36.1 Å². The molecule has 0 heterocycles. The summed E-state index contributed by atoms with van der Waals surface area (Å²) in [4.78, 5) is 22.7. The molecule has 108 valence electrons. The normalized spacial score (nSPS) is 12.6. The zero-order valence-corrected chi connectivity index (χ0v) is 11.5. The molecular formula is C15H19NO4. The lowest BCUT2D eigenvalue weighted by atomic mass is 10.0. The summed E-state index contributed by atoms with van der Waals surface area (Å²) < 4.78 is 0. The predicted molar refractivity (Wildman–Crippen MR) is 76.2 cm³/mol. The first kappa shape index (κ1) is 15.8. The van der Waals surface area contributed by atoms with Gasteiger partial charge in [-0.15, -0.1) is 0 Å². The SMILES string of the molecule is CC(C)C[C@@H](NC(=O)C=Cc1cccc(O)c1)C(=O)O. The van der Waals surface area contributed by atoms with Gasteiger partial charge in [0.1, 0.15) is 11.8 Å². The van der Waals surface area contributed by atoms with Crippen LogP contribution in [0.1, 0.15) is 25.8 Å². The van der Waals surface area contributed by atoms with Crippen molar-refractivity contribution in [3.63, 3.8) is 0 Å². The molecule has 1 aromatic rings. The van der Waals surface area contributed by atoms with Crippen molar-refractivity contribution in [2.45, 2.75) is 26.3 Å². The zero-order chi connectivity index (χ0) is 15.1. The van der Waals surface area contributed by atoms with Crippen molar-refractivity contribution < 1.29 is 19.8 Å². The van der Waals surface area contributed by atoms with Crippen molar-refractivity contribution in [2.75, 3.05) is 0 Å². The van der Waals surface area contributed by atoms with Crippen LogP contribution in [-0.2, 0) is 9.59 Å². The second-order valence-electron chi connectivity index (χ2n) is 4.96. The Morgan fingerprint density at radius 1 is 1.35 bits per heavy atom. The summed E-state index contributed by atoms with van der Waals surface area (Å²) >= 11 is 0. The Kier molecular flexibility index (Phi) is 5.77. The molecule has 1 amide bonds. The zero-order valence-electron chi connectivity index (χ0n) is 11.5. The van der Waals surface area contributed by atoms with E-state index in [1.54, 1.807) is 12.1 Å². The summed E-state index contributed by atoms with van der Waals surface area (Å²) in [6, 6.07) is 5.53. The minimum Gasteiger partial charge on any atom is -0.508 e. The number of aromatic hydroxyl groups is 1. The van der Waals surface area contributed by atoms with E-state index in [-0.39, 0.29) is 11.7 Å². The number of rotatable bonds is 6. The van der Waals surface area contributed by atoms with Gasteiger partial charge in [-0.25, -0.2) is 4.79 Å². The standard InChI is InChI=1S/C15H19NO4/c1-10(2)8-13(15(19)20)16-14(18)7-6-11-4-3-5-12(17)9-11/h3-7,9-10,13,17H,8H2,1-2H3,(H,16,18)(H,19,20)/t13-/m1/s1. The maximum absolute atomic E-state index is 11.7. The molecule has 0 aliphatic heterocycles. The first-order valence-electron chi connectivity index (χ1n) is 6.39. The summed E-state index contributed by atoms with van der Waals surface area (Å²) in [5, 5.41) is 20.7. The van der Waals surface area contributed by atoms with Gasteiger partial charge in [-0.1, -0.05) is 26.0 Å². The first-order chi connectivity index (χ1) is 9.38. The maximum Gasteiger partial charge on any atom is 0.326 e. The number of aliphatic carboxylic acids is 1. The lowest BCUT2D eigenvalue weighted by molar-refractivity contribution is -0.141. The maximum atomic E-state index is 11.7. The molecule has 3 N–H and O–H groups in total. The van der Waals surface area contributed by atoms with Gasteiger partial charge in [0.25, 0.3) is 0 Å². The molecule has 0 bridgehead atoms. The highest BCUT2D eigenvalue weighted by Crippen LogP contribution is 2.12. The van der Waals surface area contributed by atoms with E-state index >= 15 is 0 Å². The lowest BCUT2D eigenvalue weighted by Gasteiger charge is -2.15. The molecule has 0 aliphatic carbocycles. The number of hydrogen-bond acceptors (Lipinski definition) is 3. The van der Waals surface area contributed by atoms with Crippen LogP contribution in [0.25, 0.3) is 6.08 Å². The quantitative estimate of drug-likeness (QED) is 0.694. The number of nitrogens with one attached hydrogen (secondary N) is 1. The molecule has 0 aliphatic rings. The Labute approximate surface area is 117 Å². The van der Waals surface area contributed by atoms with Crippen LogP contribution in [0.2, 0.25) is 0 Å². The monoisotopic (exact) mass is 277 g/mol. The molecular weight excluding hydrogens is 258 g/mol. The number of hydrogen-bond donors (Lipinski definition) is 3. The molecule has 0 saturated carbocycles. The summed E-state index contributed by atoms with van der Waals surface area (Å²) in [6.45, 7) is 3.79. The van der Waals surface area contributed by atoms with E-state index in [4.69, 9.17) is 5.11 Å². The Morgan fingerprint density at radius 3 is 2.60 bits per heavy atom. The summed E-state index contributed by atoms with van der Waals surface area (Å²) in [5.74, 6) is -1.23. The molecule has 1 rings (SSSR count). The van der Waals surface area contributed by atoms with Gasteiger partial charge < -0.3 is 15.5 Å². The number of amides is 1. The first-order valence-corrected chi connectivity index (χ1v) is 6.39. The van der Waals surface area contributed by atoms with Crippen LogP contribution in [0.4, 0.5) is 0 Å².